The quantitative estimate of drug-likeness (QED) is 0.560. The number of hydrogen-bond acceptors (Lipinski definition) is 3. The highest BCUT2D eigenvalue weighted by molar-refractivity contribution is 7.92. The molecule has 14 heavy (non-hydrogen) atoms. The highest BCUT2D eigenvalue weighted by Gasteiger charge is 2.27. The predicted molar refractivity (Wildman–Crippen MR) is 59.9 cm³/mol. The van der Waals surface area contributed by atoms with Gasteiger partial charge >= 0.3 is 0 Å². The van der Waals surface area contributed by atoms with Crippen molar-refractivity contribution >= 4 is 9.84 Å². The molecule has 0 aliphatic rings. The number of rotatable bonds is 4. The number of hydrogen-bond donors (Lipinski definition) is 1. The zero-order chi connectivity index (χ0) is 11.2. The summed E-state index contributed by atoms with van der Waals surface area (Å²) in [6.07, 6.45) is 0. The molecule has 0 unspecified atom stereocenters. The Kier molecular flexibility index (Phi) is 5.17. The molecule has 0 aromatic carbocycles. The van der Waals surface area contributed by atoms with E-state index in [1.54, 1.807) is 27.7 Å². The maximum absolute atomic E-state index is 11.6. The van der Waals surface area contributed by atoms with Crippen LogP contribution in [0, 0.1) is 11.8 Å². The van der Waals surface area contributed by atoms with Crippen LogP contribution in [0.2, 0.25) is 0 Å². The molecular weight excluding hydrogens is 198 g/mol. The molecule has 0 radical (unpaired) electrons. The number of sulfone groups is 1. The summed E-state index contributed by atoms with van der Waals surface area (Å²) in [6, 6.07) is 0. The van der Waals surface area contributed by atoms with Crippen molar-refractivity contribution in [2.24, 2.45) is 0 Å². The van der Waals surface area contributed by atoms with Crippen molar-refractivity contribution in [1.29, 1.82) is 0 Å². The maximum atomic E-state index is 11.6. The Morgan fingerprint density at radius 2 is 1.86 bits per heavy atom. The molecule has 0 aromatic rings. The van der Waals surface area contributed by atoms with E-state index in [0.717, 1.165) is 0 Å². The van der Waals surface area contributed by atoms with Gasteiger partial charge in [-0.2, -0.15) is 0 Å². The van der Waals surface area contributed by atoms with Crippen molar-refractivity contribution in [3.8, 4) is 11.8 Å². The Balaban J connectivity index is 3.95. The minimum Gasteiger partial charge on any atom is -0.305 e. The summed E-state index contributed by atoms with van der Waals surface area (Å²) in [4.78, 5) is 0. The Morgan fingerprint density at radius 3 is 2.29 bits per heavy atom. The predicted octanol–water partition coefficient (Wildman–Crippen LogP) is 0.813. The second-order valence-electron chi connectivity index (χ2n) is 4.03. The molecule has 0 amide bonds. The third kappa shape index (κ3) is 4.64. The highest BCUT2D eigenvalue weighted by atomic mass is 32.2. The molecule has 82 valence electrons. The van der Waals surface area contributed by atoms with Gasteiger partial charge in [0, 0.05) is 6.54 Å². The minimum atomic E-state index is -3.00. The largest absolute Gasteiger partial charge is 0.305 e. The van der Waals surface area contributed by atoms with Gasteiger partial charge in [0.2, 0.25) is 0 Å². The summed E-state index contributed by atoms with van der Waals surface area (Å²) in [5.74, 6) is 5.72. The SMILES string of the molecule is CC#CCNCCS(=O)(=O)C(C)(C)C. The fourth-order valence-corrected chi connectivity index (χ4v) is 1.78. The molecule has 0 saturated carbocycles. The molecule has 3 nitrogen and oxygen atoms in total. The maximum Gasteiger partial charge on any atom is 0.156 e. The average molecular weight is 217 g/mol. The molecule has 0 aromatic heterocycles. The van der Waals surface area contributed by atoms with Crippen molar-refractivity contribution < 1.29 is 8.42 Å². The topological polar surface area (TPSA) is 46.2 Å². The molecule has 0 aliphatic carbocycles. The molecule has 0 fully saturated rings. The lowest BCUT2D eigenvalue weighted by Crippen LogP contribution is -2.34. The van der Waals surface area contributed by atoms with Gasteiger partial charge in [0.15, 0.2) is 9.84 Å². The van der Waals surface area contributed by atoms with E-state index in [0.29, 0.717) is 13.1 Å². The van der Waals surface area contributed by atoms with E-state index in [2.05, 4.69) is 17.2 Å². The van der Waals surface area contributed by atoms with Gasteiger partial charge in [-0.25, -0.2) is 8.42 Å². The van der Waals surface area contributed by atoms with Crippen LogP contribution in [0.15, 0.2) is 0 Å². The fraction of sp³-hybridized carbons (Fsp3) is 0.800. The molecule has 0 bridgehead atoms. The lowest BCUT2D eigenvalue weighted by Gasteiger charge is -2.18. The van der Waals surface area contributed by atoms with Crippen molar-refractivity contribution in [1.82, 2.24) is 5.32 Å². The van der Waals surface area contributed by atoms with Crippen LogP contribution in [0.4, 0.5) is 0 Å². The van der Waals surface area contributed by atoms with Crippen LogP contribution in [0.5, 0.6) is 0 Å². The summed E-state index contributed by atoms with van der Waals surface area (Å²) in [5, 5.41) is 2.96. The zero-order valence-corrected chi connectivity index (χ0v) is 10.2. The van der Waals surface area contributed by atoms with Gasteiger partial charge in [-0.15, -0.1) is 5.92 Å². The monoisotopic (exact) mass is 217 g/mol. The highest BCUT2D eigenvalue weighted by Crippen LogP contribution is 2.14. The first kappa shape index (κ1) is 13.5. The molecule has 0 saturated heterocycles. The Morgan fingerprint density at radius 1 is 1.29 bits per heavy atom. The fourth-order valence-electron chi connectivity index (χ4n) is 0.752. The molecule has 0 aliphatic heterocycles. The Bertz CT molecular complexity index is 314. The van der Waals surface area contributed by atoms with Crippen molar-refractivity contribution in [3.63, 3.8) is 0 Å². The third-order valence-electron chi connectivity index (χ3n) is 1.87. The molecule has 1 N–H and O–H groups in total. The van der Waals surface area contributed by atoms with Crippen molar-refractivity contribution in [3.05, 3.63) is 0 Å². The standard InChI is InChI=1S/C10H19NO2S/c1-5-6-7-11-8-9-14(12,13)10(2,3)4/h11H,7-9H2,1-4H3. The summed E-state index contributed by atoms with van der Waals surface area (Å²) >= 11 is 0. The van der Waals surface area contributed by atoms with E-state index >= 15 is 0 Å². The van der Waals surface area contributed by atoms with Gasteiger partial charge in [0.25, 0.3) is 0 Å². The first-order valence-electron chi connectivity index (χ1n) is 4.64. The van der Waals surface area contributed by atoms with Gasteiger partial charge in [-0.3, -0.25) is 0 Å². The van der Waals surface area contributed by atoms with Gasteiger partial charge in [0.05, 0.1) is 17.0 Å². The normalized spacial score (nSPS) is 12.0. The summed E-state index contributed by atoms with van der Waals surface area (Å²) in [7, 11) is -3.00. The van der Waals surface area contributed by atoms with Crippen LogP contribution < -0.4 is 5.32 Å². The molecule has 0 rings (SSSR count). The van der Waals surface area contributed by atoms with Crippen LogP contribution >= 0.6 is 0 Å². The first-order chi connectivity index (χ1) is 6.31. The summed E-state index contributed by atoms with van der Waals surface area (Å²) in [5.41, 5.74) is 0. The van der Waals surface area contributed by atoms with Crippen LogP contribution in [0.25, 0.3) is 0 Å². The number of nitrogens with one attached hydrogen (secondary N) is 1. The van der Waals surface area contributed by atoms with Crippen LogP contribution in [-0.2, 0) is 9.84 Å². The van der Waals surface area contributed by atoms with Gasteiger partial charge < -0.3 is 5.32 Å². The summed E-state index contributed by atoms with van der Waals surface area (Å²) in [6.45, 7) is 7.93. The first-order valence-corrected chi connectivity index (χ1v) is 6.29. The van der Waals surface area contributed by atoms with E-state index in [4.69, 9.17) is 0 Å². The van der Waals surface area contributed by atoms with E-state index < -0.39 is 14.6 Å². The lowest BCUT2D eigenvalue weighted by atomic mass is 10.3. The molecule has 4 heteroatoms. The molecule has 0 atom stereocenters. The lowest BCUT2D eigenvalue weighted by molar-refractivity contribution is 0.557. The van der Waals surface area contributed by atoms with Gasteiger partial charge in [-0.1, -0.05) is 5.92 Å². The summed E-state index contributed by atoms with van der Waals surface area (Å²) < 4.78 is 22.6. The van der Waals surface area contributed by atoms with Crippen molar-refractivity contribution in [2.75, 3.05) is 18.8 Å². The van der Waals surface area contributed by atoms with E-state index in [-0.39, 0.29) is 5.75 Å². The van der Waals surface area contributed by atoms with Crippen LogP contribution in [0.1, 0.15) is 27.7 Å². The van der Waals surface area contributed by atoms with E-state index in [9.17, 15) is 8.42 Å². The molecular formula is C10H19NO2S. The van der Waals surface area contributed by atoms with Crippen LogP contribution in [-0.4, -0.2) is 32.0 Å². The Labute approximate surface area is 87.2 Å². The second-order valence-corrected chi connectivity index (χ2v) is 6.90. The van der Waals surface area contributed by atoms with E-state index in [1.807, 2.05) is 0 Å². The average Bonchev–Trinajstić information content (AvgIpc) is 2.02. The molecule has 0 heterocycles. The van der Waals surface area contributed by atoms with Crippen LogP contribution in [0.3, 0.4) is 0 Å². The second kappa shape index (κ2) is 5.38. The zero-order valence-electron chi connectivity index (χ0n) is 9.35. The molecule has 0 spiro atoms. The van der Waals surface area contributed by atoms with E-state index in [1.165, 1.54) is 0 Å². The smallest absolute Gasteiger partial charge is 0.156 e. The van der Waals surface area contributed by atoms with Gasteiger partial charge in [0.1, 0.15) is 0 Å². The third-order valence-corrected chi connectivity index (χ3v) is 4.48. The van der Waals surface area contributed by atoms with Crippen molar-refractivity contribution in [2.45, 2.75) is 32.4 Å². The Hall–Kier alpha value is -0.530. The minimum absolute atomic E-state index is 0.169. The van der Waals surface area contributed by atoms with Gasteiger partial charge in [-0.05, 0) is 27.7 Å².